The average Bonchev–Trinajstić information content (AvgIpc) is 2.54. The molecule has 0 aliphatic carbocycles. The molecule has 0 radical (unpaired) electrons. The minimum absolute atomic E-state index is 0.106. The van der Waals surface area contributed by atoms with Crippen LogP contribution in [0.15, 0.2) is 47.4 Å². The maximum Gasteiger partial charge on any atom is 0.342 e. The second-order valence-corrected chi connectivity index (χ2v) is 4.86. The summed E-state index contributed by atoms with van der Waals surface area (Å²) in [6.07, 6.45) is 2.00. The Morgan fingerprint density at radius 2 is 1.87 bits per heavy atom. The number of aryl methyl sites for hydroxylation is 2. The summed E-state index contributed by atoms with van der Waals surface area (Å²) in [7, 11) is 0. The van der Waals surface area contributed by atoms with E-state index in [9.17, 15) is 19.5 Å². The molecule has 120 valence electrons. The van der Waals surface area contributed by atoms with Gasteiger partial charge in [0.25, 0.3) is 5.56 Å². The zero-order valence-corrected chi connectivity index (χ0v) is 12.7. The molecule has 0 saturated heterocycles. The summed E-state index contributed by atoms with van der Waals surface area (Å²) in [5, 5.41) is 9.25. The number of nitrogens with zero attached hydrogens (tertiary/aromatic N) is 1. The summed E-state index contributed by atoms with van der Waals surface area (Å²) < 4.78 is 6.08. The van der Waals surface area contributed by atoms with Gasteiger partial charge in [0.1, 0.15) is 5.56 Å². The molecule has 1 N–H and O–H groups in total. The van der Waals surface area contributed by atoms with Crippen LogP contribution in [-0.2, 0) is 17.7 Å². The van der Waals surface area contributed by atoms with Crippen molar-refractivity contribution in [3.63, 3.8) is 0 Å². The van der Waals surface area contributed by atoms with Crippen LogP contribution in [0.2, 0.25) is 0 Å². The Labute approximate surface area is 133 Å². The number of hydrogen-bond donors (Lipinski definition) is 1. The van der Waals surface area contributed by atoms with Crippen molar-refractivity contribution in [3.05, 3.63) is 69.6 Å². The first kappa shape index (κ1) is 16.5. The molecule has 0 amide bonds. The van der Waals surface area contributed by atoms with Gasteiger partial charge in [-0.2, -0.15) is 0 Å². The molecule has 2 aromatic rings. The number of aromatic carboxylic acids is 1. The summed E-state index contributed by atoms with van der Waals surface area (Å²) in [5.41, 5.74) is -0.455. The highest BCUT2D eigenvalue weighted by molar-refractivity contribution is 6.02. The van der Waals surface area contributed by atoms with Crippen LogP contribution in [0.3, 0.4) is 0 Å². The van der Waals surface area contributed by atoms with Gasteiger partial charge < -0.3 is 14.4 Å². The second kappa shape index (κ2) is 7.40. The smallest absolute Gasteiger partial charge is 0.342 e. The van der Waals surface area contributed by atoms with E-state index >= 15 is 0 Å². The molecule has 0 spiro atoms. The largest absolute Gasteiger partial charge is 0.477 e. The molecule has 0 aliphatic rings. The topological polar surface area (TPSA) is 85.6 Å². The first-order valence-corrected chi connectivity index (χ1v) is 7.22. The molecule has 0 atom stereocenters. The number of esters is 1. The molecule has 1 aromatic heterocycles. The molecule has 0 saturated carbocycles. The zero-order valence-electron chi connectivity index (χ0n) is 12.7. The minimum atomic E-state index is -1.44. The van der Waals surface area contributed by atoms with E-state index in [0.717, 1.165) is 5.56 Å². The monoisotopic (exact) mass is 315 g/mol. The van der Waals surface area contributed by atoms with Gasteiger partial charge in [0.15, 0.2) is 0 Å². The Kier molecular flexibility index (Phi) is 5.30. The quantitative estimate of drug-likeness (QED) is 0.824. The molecule has 1 aromatic carbocycles. The maximum absolute atomic E-state index is 12.3. The SMILES string of the molecule is CCOC(=O)c1ccn(CCc2ccccc2)c(=O)c1C(=O)O. The van der Waals surface area contributed by atoms with Gasteiger partial charge in [-0.05, 0) is 25.0 Å². The van der Waals surface area contributed by atoms with E-state index in [2.05, 4.69) is 0 Å². The van der Waals surface area contributed by atoms with Crippen LogP contribution >= 0.6 is 0 Å². The maximum atomic E-state index is 12.3. The molecule has 0 bridgehead atoms. The van der Waals surface area contributed by atoms with Crippen molar-refractivity contribution in [2.24, 2.45) is 0 Å². The first-order chi connectivity index (χ1) is 11.0. The van der Waals surface area contributed by atoms with Crippen LogP contribution in [0.5, 0.6) is 0 Å². The molecular weight excluding hydrogens is 298 g/mol. The van der Waals surface area contributed by atoms with Crippen molar-refractivity contribution in [2.75, 3.05) is 6.61 Å². The number of ether oxygens (including phenoxy) is 1. The van der Waals surface area contributed by atoms with E-state index in [1.807, 2.05) is 30.3 Å². The summed E-state index contributed by atoms with van der Waals surface area (Å²) >= 11 is 0. The van der Waals surface area contributed by atoms with Gasteiger partial charge in [0.05, 0.1) is 12.2 Å². The lowest BCUT2D eigenvalue weighted by atomic mass is 10.1. The second-order valence-electron chi connectivity index (χ2n) is 4.86. The highest BCUT2D eigenvalue weighted by atomic mass is 16.5. The average molecular weight is 315 g/mol. The Bertz CT molecular complexity index is 764. The van der Waals surface area contributed by atoms with E-state index < -0.39 is 23.1 Å². The van der Waals surface area contributed by atoms with Crippen molar-refractivity contribution in [2.45, 2.75) is 19.9 Å². The van der Waals surface area contributed by atoms with E-state index in [-0.39, 0.29) is 12.2 Å². The fourth-order valence-electron chi connectivity index (χ4n) is 2.23. The van der Waals surface area contributed by atoms with Gasteiger partial charge in [-0.25, -0.2) is 9.59 Å². The number of carboxylic acid groups (broad SMARTS) is 1. The fourth-order valence-corrected chi connectivity index (χ4v) is 2.23. The van der Waals surface area contributed by atoms with Crippen molar-refractivity contribution in [3.8, 4) is 0 Å². The molecule has 23 heavy (non-hydrogen) atoms. The van der Waals surface area contributed by atoms with Gasteiger partial charge >= 0.3 is 11.9 Å². The standard InChI is InChI=1S/C17H17NO5/c1-2-23-17(22)13-9-11-18(15(19)14(13)16(20)21)10-8-12-6-4-3-5-7-12/h3-7,9,11H,2,8,10H2,1H3,(H,20,21). The Balaban J connectivity index is 2.32. The number of carbonyl (C=O) groups is 2. The number of aromatic nitrogens is 1. The number of carboxylic acids is 1. The Morgan fingerprint density at radius 3 is 2.48 bits per heavy atom. The van der Waals surface area contributed by atoms with Gasteiger partial charge in [0.2, 0.25) is 0 Å². The Morgan fingerprint density at radius 1 is 1.17 bits per heavy atom. The molecule has 0 aliphatic heterocycles. The van der Waals surface area contributed by atoms with Gasteiger partial charge in [-0.15, -0.1) is 0 Å². The summed E-state index contributed by atoms with van der Waals surface area (Å²) in [5.74, 6) is -2.25. The number of rotatable bonds is 6. The number of pyridine rings is 1. The molecule has 6 nitrogen and oxygen atoms in total. The van der Waals surface area contributed by atoms with Gasteiger partial charge in [-0.3, -0.25) is 4.79 Å². The van der Waals surface area contributed by atoms with Gasteiger partial charge in [-0.1, -0.05) is 30.3 Å². The van der Waals surface area contributed by atoms with Crippen LogP contribution in [0, 0.1) is 0 Å². The number of benzene rings is 1. The minimum Gasteiger partial charge on any atom is -0.477 e. The van der Waals surface area contributed by atoms with E-state index in [0.29, 0.717) is 13.0 Å². The first-order valence-electron chi connectivity index (χ1n) is 7.22. The van der Waals surface area contributed by atoms with Crippen molar-refractivity contribution in [1.82, 2.24) is 4.57 Å². The van der Waals surface area contributed by atoms with Gasteiger partial charge in [0, 0.05) is 12.7 Å². The summed E-state index contributed by atoms with van der Waals surface area (Å²) in [6.45, 7) is 2.04. The third-order valence-electron chi connectivity index (χ3n) is 3.36. The summed E-state index contributed by atoms with van der Waals surface area (Å²) in [4.78, 5) is 35.5. The fraction of sp³-hybridized carbons (Fsp3) is 0.235. The Hall–Kier alpha value is -2.89. The number of carbonyl (C=O) groups excluding carboxylic acids is 1. The van der Waals surface area contributed by atoms with Crippen molar-refractivity contribution in [1.29, 1.82) is 0 Å². The third kappa shape index (κ3) is 3.85. The predicted octanol–water partition coefficient (Wildman–Crippen LogP) is 1.97. The van der Waals surface area contributed by atoms with E-state index in [1.54, 1.807) is 6.92 Å². The zero-order chi connectivity index (χ0) is 16.8. The summed E-state index contributed by atoms with van der Waals surface area (Å²) in [6, 6.07) is 10.8. The lowest BCUT2D eigenvalue weighted by Crippen LogP contribution is -2.30. The molecule has 2 rings (SSSR count). The van der Waals surface area contributed by atoms with Crippen molar-refractivity contribution >= 4 is 11.9 Å². The van der Waals surface area contributed by atoms with E-state index in [4.69, 9.17) is 4.74 Å². The predicted molar refractivity (Wildman–Crippen MR) is 83.8 cm³/mol. The van der Waals surface area contributed by atoms with Crippen LogP contribution in [0.1, 0.15) is 33.2 Å². The molecule has 6 heteroatoms. The normalized spacial score (nSPS) is 10.3. The number of hydrogen-bond acceptors (Lipinski definition) is 4. The highest BCUT2D eigenvalue weighted by Gasteiger charge is 2.22. The molecular formula is C17H17NO5. The van der Waals surface area contributed by atoms with Crippen LogP contribution in [-0.4, -0.2) is 28.2 Å². The molecule has 0 unspecified atom stereocenters. The molecule has 0 fully saturated rings. The van der Waals surface area contributed by atoms with Crippen LogP contribution < -0.4 is 5.56 Å². The highest BCUT2D eigenvalue weighted by Crippen LogP contribution is 2.08. The third-order valence-corrected chi connectivity index (χ3v) is 3.36. The van der Waals surface area contributed by atoms with Crippen LogP contribution in [0.4, 0.5) is 0 Å². The van der Waals surface area contributed by atoms with Crippen LogP contribution in [0.25, 0.3) is 0 Å². The lowest BCUT2D eigenvalue weighted by Gasteiger charge is -2.10. The van der Waals surface area contributed by atoms with Crippen molar-refractivity contribution < 1.29 is 19.4 Å². The lowest BCUT2D eigenvalue weighted by molar-refractivity contribution is 0.0513. The van der Waals surface area contributed by atoms with E-state index in [1.165, 1.54) is 16.8 Å². The molecule has 1 heterocycles.